The van der Waals surface area contributed by atoms with Gasteiger partial charge in [0.15, 0.2) is 0 Å². The summed E-state index contributed by atoms with van der Waals surface area (Å²) < 4.78 is 0. The second-order valence-corrected chi connectivity index (χ2v) is 4.96. The molecule has 3 heteroatoms. The maximum Gasteiger partial charge on any atom is 0.138 e. The van der Waals surface area contributed by atoms with E-state index in [4.69, 9.17) is 17.3 Å². The SMILES string of the molecule is NCc1cc(C2CCCCC2)cc(Cl)c1O. The molecule has 0 bridgehead atoms. The van der Waals surface area contributed by atoms with Crippen molar-refractivity contribution >= 4 is 11.6 Å². The zero-order valence-electron chi connectivity index (χ0n) is 9.38. The van der Waals surface area contributed by atoms with Crippen molar-refractivity contribution in [1.29, 1.82) is 0 Å². The van der Waals surface area contributed by atoms with Crippen LogP contribution in [0.25, 0.3) is 0 Å². The zero-order chi connectivity index (χ0) is 11.5. The molecule has 1 fully saturated rings. The van der Waals surface area contributed by atoms with Crippen molar-refractivity contribution in [2.45, 2.75) is 44.6 Å². The molecule has 1 aromatic carbocycles. The van der Waals surface area contributed by atoms with Crippen molar-refractivity contribution in [2.24, 2.45) is 5.73 Å². The van der Waals surface area contributed by atoms with Crippen LogP contribution in [-0.2, 0) is 6.54 Å². The van der Waals surface area contributed by atoms with Crippen LogP contribution in [0, 0.1) is 0 Å². The van der Waals surface area contributed by atoms with Gasteiger partial charge in [0.25, 0.3) is 0 Å². The molecule has 0 heterocycles. The van der Waals surface area contributed by atoms with E-state index in [-0.39, 0.29) is 5.75 Å². The van der Waals surface area contributed by atoms with Crippen LogP contribution in [-0.4, -0.2) is 5.11 Å². The average molecular weight is 240 g/mol. The predicted octanol–water partition coefficient (Wildman–Crippen LogP) is 3.55. The summed E-state index contributed by atoms with van der Waals surface area (Å²) in [4.78, 5) is 0. The molecule has 3 N–H and O–H groups in total. The first-order valence-electron chi connectivity index (χ1n) is 5.93. The fourth-order valence-corrected chi connectivity index (χ4v) is 2.75. The highest BCUT2D eigenvalue weighted by atomic mass is 35.5. The second kappa shape index (κ2) is 5.07. The number of hydrogen-bond donors (Lipinski definition) is 2. The lowest BCUT2D eigenvalue weighted by atomic mass is 9.83. The second-order valence-electron chi connectivity index (χ2n) is 4.55. The van der Waals surface area contributed by atoms with Crippen LogP contribution in [0.4, 0.5) is 0 Å². The van der Waals surface area contributed by atoms with Crippen LogP contribution in [0.2, 0.25) is 5.02 Å². The summed E-state index contributed by atoms with van der Waals surface area (Å²) in [5, 5.41) is 10.1. The number of rotatable bonds is 2. The van der Waals surface area contributed by atoms with Gasteiger partial charge in [-0.15, -0.1) is 0 Å². The van der Waals surface area contributed by atoms with Crippen molar-refractivity contribution in [3.63, 3.8) is 0 Å². The van der Waals surface area contributed by atoms with E-state index in [9.17, 15) is 5.11 Å². The Kier molecular flexibility index (Phi) is 3.72. The summed E-state index contributed by atoms with van der Waals surface area (Å²) in [6.45, 7) is 0.339. The van der Waals surface area contributed by atoms with Gasteiger partial charge in [0.2, 0.25) is 0 Å². The van der Waals surface area contributed by atoms with E-state index in [1.54, 1.807) is 0 Å². The predicted molar refractivity (Wildman–Crippen MR) is 66.8 cm³/mol. The summed E-state index contributed by atoms with van der Waals surface area (Å²) in [5.74, 6) is 0.737. The van der Waals surface area contributed by atoms with Crippen molar-refractivity contribution in [2.75, 3.05) is 0 Å². The third kappa shape index (κ3) is 2.33. The molecule has 0 saturated heterocycles. The molecule has 0 atom stereocenters. The number of benzene rings is 1. The Morgan fingerprint density at radius 1 is 1.25 bits per heavy atom. The smallest absolute Gasteiger partial charge is 0.138 e. The van der Waals surface area contributed by atoms with Gasteiger partial charge in [-0.1, -0.05) is 36.9 Å². The maximum absolute atomic E-state index is 9.71. The number of phenolic OH excluding ortho intramolecular Hbond substituents is 1. The molecule has 0 amide bonds. The number of halogens is 1. The van der Waals surface area contributed by atoms with Gasteiger partial charge in [0.1, 0.15) is 5.75 Å². The highest BCUT2D eigenvalue weighted by Gasteiger charge is 2.18. The molecule has 2 nitrogen and oxygen atoms in total. The van der Waals surface area contributed by atoms with Gasteiger partial charge in [-0.05, 0) is 30.4 Å². The lowest BCUT2D eigenvalue weighted by Gasteiger charge is -2.23. The van der Waals surface area contributed by atoms with Gasteiger partial charge < -0.3 is 10.8 Å². The molecule has 16 heavy (non-hydrogen) atoms. The molecule has 1 aliphatic rings. The third-order valence-electron chi connectivity index (χ3n) is 3.46. The van der Waals surface area contributed by atoms with Crippen LogP contribution in [0.15, 0.2) is 12.1 Å². The standard InChI is InChI=1S/C13H18ClNO/c14-12-7-10(6-11(8-15)13(12)16)9-4-2-1-3-5-9/h6-7,9,16H,1-5,8,15H2. The van der Waals surface area contributed by atoms with Crippen molar-refractivity contribution in [3.8, 4) is 5.75 Å². The molecule has 0 aliphatic heterocycles. The Morgan fingerprint density at radius 2 is 1.94 bits per heavy atom. The first-order valence-corrected chi connectivity index (χ1v) is 6.31. The molecule has 0 unspecified atom stereocenters. The van der Waals surface area contributed by atoms with Crippen molar-refractivity contribution in [1.82, 2.24) is 0 Å². The van der Waals surface area contributed by atoms with Crippen LogP contribution >= 0.6 is 11.6 Å². The Labute approximate surface area is 101 Å². The van der Waals surface area contributed by atoms with Crippen LogP contribution in [0.3, 0.4) is 0 Å². The lowest BCUT2D eigenvalue weighted by molar-refractivity contribution is 0.440. The molecule has 1 aromatic rings. The van der Waals surface area contributed by atoms with Gasteiger partial charge in [0, 0.05) is 12.1 Å². The first kappa shape index (κ1) is 11.7. The summed E-state index contributed by atoms with van der Waals surface area (Å²) in [6.07, 6.45) is 6.38. The van der Waals surface area contributed by atoms with Crippen LogP contribution < -0.4 is 5.73 Å². The average Bonchev–Trinajstić information content (AvgIpc) is 2.33. The van der Waals surface area contributed by atoms with E-state index in [0.717, 1.165) is 5.56 Å². The van der Waals surface area contributed by atoms with Gasteiger partial charge in [-0.25, -0.2) is 0 Å². The number of nitrogens with two attached hydrogens (primary N) is 1. The minimum absolute atomic E-state index is 0.142. The van der Waals surface area contributed by atoms with Gasteiger partial charge >= 0.3 is 0 Å². The molecule has 1 saturated carbocycles. The number of phenols is 1. The Morgan fingerprint density at radius 3 is 2.56 bits per heavy atom. The minimum atomic E-state index is 0.142. The maximum atomic E-state index is 9.71. The van der Waals surface area contributed by atoms with Crippen LogP contribution in [0.1, 0.15) is 49.1 Å². The molecule has 88 valence electrons. The number of hydrogen-bond acceptors (Lipinski definition) is 2. The molecular weight excluding hydrogens is 222 g/mol. The molecular formula is C13H18ClNO. The summed E-state index contributed by atoms with van der Waals surface area (Å²) in [6, 6.07) is 3.91. The van der Waals surface area contributed by atoms with E-state index >= 15 is 0 Å². The topological polar surface area (TPSA) is 46.2 Å². The molecule has 0 spiro atoms. The van der Waals surface area contributed by atoms with E-state index in [2.05, 4.69) is 0 Å². The summed E-state index contributed by atoms with van der Waals surface area (Å²) >= 11 is 6.01. The van der Waals surface area contributed by atoms with Gasteiger partial charge in [-0.3, -0.25) is 0 Å². The number of aromatic hydroxyl groups is 1. The quantitative estimate of drug-likeness (QED) is 0.829. The summed E-state index contributed by atoms with van der Waals surface area (Å²) in [7, 11) is 0. The van der Waals surface area contributed by atoms with Crippen molar-refractivity contribution in [3.05, 3.63) is 28.3 Å². The molecule has 1 aliphatic carbocycles. The molecule has 0 aromatic heterocycles. The molecule has 0 radical (unpaired) electrons. The van der Waals surface area contributed by atoms with E-state index in [1.165, 1.54) is 37.7 Å². The third-order valence-corrected chi connectivity index (χ3v) is 3.75. The Bertz CT molecular complexity index is 372. The lowest BCUT2D eigenvalue weighted by Crippen LogP contribution is -2.06. The molecule has 2 rings (SSSR count). The largest absolute Gasteiger partial charge is 0.506 e. The highest BCUT2D eigenvalue weighted by Crippen LogP contribution is 2.37. The van der Waals surface area contributed by atoms with E-state index < -0.39 is 0 Å². The Hall–Kier alpha value is -0.730. The minimum Gasteiger partial charge on any atom is -0.506 e. The van der Waals surface area contributed by atoms with Crippen LogP contribution in [0.5, 0.6) is 5.75 Å². The zero-order valence-corrected chi connectivity index (χ0v) is 10.1. The fraction of sp³-hybridized carbons (Fsp3) is 0.538. The van der Waals surface area contributed by atoms with Crippen molar-refractivity contribution < 1.29 is 5.11 Å². The van der Waals surface area contributed by atoms with Gasteiger partial charge in [0.05, 0.1) is 5.02 Å². The van der Waals surface area contributed by atoms with E-state index in [1.807, 2.05) is 12.1 Å². The van der Waals surface area contributed by atoms with E-state index in [0.29, 0.717) is 17.5 Å². The van der Waals surface area contributed by atoms with Gasteiger partial charge in [-0.2, -0.15) is 0 Å². The highest BCUT2D eigenvalue weighted by molar-refractivity contribution is 6.32. The fourth-order valence-electron chi connectivity index (χ4n) is 2.51. The first-order chi connectivity index (χ1) is 7.72. The summed E-state index contributed by atoms with van der Waals surface area (Å²) in [5.41, 5.74) is 7.60. The normalized spacial score (nSPS) is 17.6. The Balaban J connectivity index is 2.29. The monoisotopic (exact) mass is 239 g/mol.